The first-order chi connectivity index (χ1) is 32.2. The van der Waals surface area contributed by atoms with Crippen LogP contribution in [0.25, 0.3) is 109 Å². The highest BCUT2D eigenvalue weighted by molar-refractivity contribution is 6.22. The Bertz CT molecular complexity index is 4060. The minimum absolute atomic E-state index is 0.585. The third-order valence-corrected chi connectivity index (χ3v) is 14.7. The molecule has 0 aliphatic heterocycles. The van der Waals surface area contributed by atoms with Gasteiger partial charge in [0.2, 0.25) is 0 Å². The Hall–Kier alpha value is -8.32. The zero-order chi connectivity index (χ0) is 42.6. The number of hydrogen-bond donors (Lipinski definition) is 0. The lowest BCUT2D eigenvalue weighted by molar-refractivity contribution is 0.776. The van der Waals surface area contributed by atoms with Crippen LogP contribution in [0.3, 0.4) is 0 Å². The summed E-state index contributed by atoms with van der Waals surface area (Å²) in [4.78, 5) is 0. The standard InChI is InChI=1S/C65H40/c1-3-17-46(18-4-1)65(47-19-5-2-6-20-47)63-38-45(60-40-62-49-22-10-8-16-42(49)28-34-56(62)52-24-12-14-26-54(52)60)30-35-57(63)58-36-31-43-37-44(29-32-50(43)64(58)65)59-39-61-48-21-9-7-15-41(48)27-33-55(61)51-23-11-13-25-53(51)59/h1-40H. The molecule has 65 heavy (non-hydrogen) atoms. The molecule has 0 nitrogen and oxygen atoms in total. The fraction of sp³-hybridized carbons (Fsp3) is 0.0154. The normalized spacial score (nSPS) is 13.0. The van der Waals surface area contributed by atoms with Gasteiger partial charge in [-0.3, -0.25) is 0 Å². The van der Waals surface area contributed by atoms with Crippen molar-refractivity contribution in [3.05, 3.63) is 265 Å². The van der Waals surface area contributed by atoms with Crippen molar-refractivity contribution >= 4 is 75.4 Å². The van der Waals surface area contributed by atoms with Crippen LogP contribution in [0.2, 0.25) is 0 Å². The van der Waals surface area contributed by atoms with Gasteiger partial charge in [0.1, 0.15) is 0 Å². The van der Waals surface area contributed by atoms with Gasteiger partial charge in [-0.1, -0.05) is 218 Å². The average Bonchev–Trinajstić information content (AvgIpc) is 3.69. The predicted molar refractivity (Wildman–Crippen MR) is 277 cm³/mol. The monoisotopic (exact) mass is 820 g/mol. The highest BCUT2D eigenvalue weighted by Crippen LogP contribution is 2.59. The van der Waals surface area contributed by atoms with Gasteiger partial charge in [0.05, 0.1) is 5.41 Å². The Labute approximate surface area is 377 Å². The van der Waals surface area contributed by atoms with E-state index in [2.05, 4.69) is 243 Å². The lowest BCUT2D eigenvalue weighted by Crippen LogP contribution is -2.28. The van der Waals surface area contributed by atoms with Crippen LogP contribution in [0.1, 0.15) is 22.3 Å². The van der Waals surface area contributed by atoms with Gasteiger partial charge in [-0.05, 0) is 155 Å². The van der Waals surface area contributed by atoms with Gasteiger partial charge >= 0.3 is 0 Å². The molecule has 1 aliphatic carbocycles. The van der Waals surface area contributed by atoms with Gasteiger partial charge in [0.15, 0.2) is 0 Å². The second kappa shape index (κ2) is 13.8. The summed E-state index contributed by atoms with van der Waals surface area (Å²) < 4.78 is 0. The summed E-state index contributed by atoms with van der Waals surface area (Å²) in [6.45, 7) is 0. The van der Waals surface area contributed by atoms with Crippen molar-refractivity contribution in [3.63, 3.8) is 0 Å². The SMILES string of the molecule is c1ccc(C2(c3ccccc3)c3cc(-c4cc5c6ccccc6ccc5c5ccccc45)ccc3-c3ccc4cc(-c5cc6c7ccccc7ccc6c6ccccc56)ccc4c32)cc1. The summed E-state index contributed by atoms with van der Waals surface area (Å²) in [7, 11) is 0. The smallest absolute Gasteiger partial charge is 0.0622 e. The van der Waals surface area contributed by atoms with Crippen molar-refractivity contribution in [1.29, 1.82) is 0 Å². The van der Waals surface area contributed by atoms with Crippen LogP contribution in [0.4, 0.5) is 0 Å². The Balaban J connectivity index is 1.04. The summed E-state index contributed by atoms with van der Waals surface area (Å²) in [5.41, 5.74) is 12.1. The minimum Gasteiger partial charge on any atom is -0.0622 e. The molecule has 0 aromatic heterocycles. The molecule has 0 heterocycles. The van der Waals surface area contributed by atoms with Crippen LogP contribution in [0.15, 0.2) is 243 Å². The molecule has 0 amide bonds. The van der Waals surface area contributed by atoms with E-state index in [4.69, 9.17) is 0 Å². The van der Waals surface area contributed by atoms with E-state index >= 15 is 0 Å². The number of hydrogen-bond acceptors (Lipinski definition) is 0. The van der Waals surface area contributed by atoms with Crippen LogP contribution >= 0.6 is 0 Å². The van der Waals surface area contributed by atoms with Gasteiger partial charge in [-0.15, -0.1) is 0 Å². The first kappa shape index (κ1) is 36.2. The Morgan fingerprint density at radius 3 is 1.20 bits per heavy atom. The van der Waals surface area contributed by atoms with E-state index in [1.165, 1.54) is 131 Å². The summed E-state index contributed by atoms with van der Waals surface area (Å²) in [6, 6.07) is 91.3. The van der Waals surface area contributed by atoms with Crippen molar-refractivity contribution in [2.45, 2.75) is 5.41 Å². The van der Waals surface area contributed by atoms with Crippen LogP contribution in [0, 0.1) is 0 Å². The molecule has 0 heteroatoms. The maximum absolute atomic E-state index is 2.53. The zero-order valence-electron chi connectivity index (χ0n) is 35.6. The van der Waals surface area contributed by atoms with Crippen molar-refractivity contribution < 1.29 is 0 Å². The average molecular weight is 821 g/mol. The molecular formula is C65H40. The number of rotatable bonds is 4. The molecule has 0 N–H and O–H groups in total. The van der Waals surface area contributed by atoms with E-state index in [9.17, 15) is 0 Å². The van der Waals surface area contributed by atoms with Gasteiger partial charge in [-0.2, -0.15) is 0 Å². The molecule has 0 atom stereocenters. The summed E-state index contributed by atoms with van der Waals surface area (Å²) in [5.74, 6) is 0. The molecular weight excluding hydrogens is 781 g/mol. The molecule has 0 saturated carbocycles. The molecule has 13 aromatic carbocycles. The van der Waals surface area contributed by atoms with Crippen molar-refractivity contribution in [1.82, 2.24) is 0 Å². The van der Waals surface area contributed by atoms with Gasteiger partial charge in [0.25, 0.3) is 0 Å². The van der Waals surface area contributed by atoms with Crippen molar-refractivity contribution in [2.24, 2.45) is 0 Å². The largest absolute Gasteiger partial charge is 0.0719 e. The molecule has 0 unspecified atom stereocenters. The topological polar surface area (TPSA) is 0 Å². The molecule has 0 spiro atoms. The highest BCUT2D eigenvalue weighted by atomic mass is 14.5. The maximum atomic E-state index is 2.53. The number of fused-ring (bicyclic) bond motifs is 15. The third kappa shape index (κ3) is 5.14. The van der Waals surface area contributed by atoms with E-state index in [0.29, 0.717) is 0 Å². The maximum Gasteiger partial charge on any atom is 0.0719 e. The summed E-state index contributed by atoms with van der Waals surface area (Å²) in [6.07, 6.45) is 0. The van der Waals surface area contributed by atoms with E-state index < -0.39 is 5.41 Å². The fourth-order valence-electron chi connectivity index (χ4n) is 11.9. The minimum atomic E-state index is -0.585. The molecule has 0 fully saturated rings. The van der Waals surface area contributed by atoms with Crippen LogP contribution in [0.5, 0.6) is 0 Å². The second-order valence-corrected chi connectivity index (χ2v) is 17.9. The number of benzene rings is 13. The van der Waals surface area contributed by atoms with E-state index in [1.807, 2.05) is 0 Å². The molecule has 0 radical (unpaired) electrons. The van der Waals surface area contributed by atoms with Crippen LogP contribution in [-0.4, -0.2) is 0 Å². The Morgan fingerprint density at radius 2 is 0.631 bits per heavy atom. The lowest BCUT2D eigenvalue weighted by atomic mass is 9.66. The lowest BCUT2D eigenvalue weighted by Gasteiger charge is -2.35. The second-order valence-electron chi connectivity index (χ2n) is 17.9. The third-order valence-electron chi connectivity index (χ3n) is 14.7. The van der Waals surface area contributed by atoms with Gasteiger partial charge in [-0.25, -0.2) is 0 Å². The Kier molecular flexibility index (Phi) is 7.71. The molecule has 300 valence electrons. The van der Waals surface area contributed by atoms with E-state index in [-0.39, 0.29) is 0 Å². The summed E-state index contributed by atoms with van der Waals surface area (Å²) in [5, 5.41) is 17.8. The summed E-state index contributed by atoms with van der Waals surface area (Å²) >= 11 is 0. The van der Waals surface area contributed by atoms with E-state index in [0.717, 1.165) is 0 Å². The molecule has 1 aliphatic rings. The van der Waals surface area contributed by atoms with E-state index in [1.54, 1.807) is 0 Å². The zero-order valence-corrected chi connectivity index (χ0v) is 35.6. The first-order valence-corrected chi connectivity index (χ1v) is 22.7. The van der Waals surface area contributed by atoms with Crippen molar-refractivity contribution in [2.75, 3.05) is 0 Å². The quantitative estimate of drug-likeness (QED) is 0.155. The van der Waals surface area contributed by atoms with Crippen LogP contribution < -0.4 is 0 Å². The molecule has 14 rings (SSSR count). The molecule has 13 aromatic rings. The molecule has 0 saturated heterocycles. The fourth-order valence-corrected chi connectivity index (χ4v) is 11.9. The van der Waals surface area contributed by atoms with Gasteiger partial charge < -0.3 is 0 Å². The Morgan fingerprint density at radius 1 is 0.215 bits per heavy atom. The van der Waals surface area contributed by atoms with Crippen LogP contribution in [-0.2, 0) is 5.41 Å². The predicted octanol–water partition coefficient (Wildman–Crippen LogP) is 17.5. The molecule has 0 bridgehead atoms. The van der Waals surface area contributed by atoms with Gasteiger partial charge in [0, 0.05) is 0 Å². The first-order valence-electron chi connectivity index (χ1n) is 22.7. The highest BCUT2D eigenvalue weighted by Gasteiger charge is 2.47. The van der Waals surface area contributed by atoms with Crippen molar-refractivity contribution in [3.8, 4) is 33.4 Å².